The number of aliphatic hydroxyl groups excluding tert-OH is 1. The largest absolute Gasteiger partial charge is 0.380 e. The molecule has 0 saturated carbocycles. The predicted octanol–water partition coefficient (Wildman–Crippen LogP) is 3.79. The van der Waals surface area contributed by atoms with Crippen LogP contribution in [0.3, 0.4) is 0 Å². The second-order valence-corrected chi connectivity index (χ2v) is 5.34. The number of aliphatic hydroxyl groups is 1. The van der Waals surface area contributed by atoms with Crippen LogP contribution < -0.4 is 0 Å². The average Bonchev–Trinajstić information content (AvgIpc) is 2.77. The van der Waals surface area contributed by atoms with Crippen LogP contribution in [0, 0.1) is 0 Å². The van der Waals surface area contributed by atoms with Gasteiger partial charge in [0.15, 0.2) is 0 Å². The Hall–Kier alpha value is -0.840. The highest BCUT2D eigenvalue weighted by Gasteiger charge is 2.18. The van der Waals surface area contributed by atoms with E-state index < -0.39 is 6.10 Å². The minimum atomic E-state index is -0.752. The molecule has 96 valence electrons. The number of benzene rings is 1. The topological polar surface area (TPSA) is 38.0 Å². The third-order valence-electron chi connectivity index (χ3n) is 2.71. The first-order chi connectivity index (χ1) is 8.63. The Morgan fingerprint density at radius 2 is 2.28 bits per heavy atom. The van der Waals surface area contributed by atoms with Crippen molar-refractivity contribution in [2.24, 2.45) is 0 Å². The van der Waals surface area contributed by atoms with Crippen molar-refractivity contribution < 1.29 is 5.11 Å². The van der Waals surface area contributed by atoms with Crippen molar-refractivity contribution in [3.05, 3.63) is 51.5 Å². The second kappa shape index (κ2) is 5.87. The molecule has 1 aromatic heterocycles. The quantitative estimate of drug-likeness (QED) is 0.926. The van der Waals surface area contributed by atoms with Crippen molar-refractivity contribution in [2.45, 2.75) is 26.0 Å². The molecule has 0 aliphatic carbocycles. The number of hydrogen-bond donors (Lipinski definition) is 1. The summed E-state index contributed by atoms with van der Waals surface area (Å²) in [5.74, 6) is 0.653. The lowest BCUT2D eigenvalue weighted by Gasteiger charge is -2.14. The van der Waals surface area contributed by atoms with E-state index in [1.165, 1.54) is 0 Å². The summed E-state index contributed by atoms with van der Waals surface area (Å²) in [4.78, 5) is 4.23. The summed E-state index contributed by atoms with van der Waals surface area (Å²) in [6.07, 6.45) is 3.83. The van der Waals surface area contributed by atoms with Crippen LogP contribution in [-0.4, -0.2) is 14.7 Å². The molecule has 0 aliphatic rings. The zero-order valence-corrected chi connectivity index (χ0v) is 12.3. The van der Waals surface area contributed by atoms with Gasteiger partial charge in [0.1, 0.15) is 11.9 Å². The van der Waals surface area contributed by atoms with Crippen LogP contribution in [0.4, 0.5) is 0 Å². The molecule has 5 heteroatoms. The molecule has 0 fully saturated rings. The van der Waals surface area contributed by atoms with E-state index in [4.69, 9.17) is 11.6 Å². The summed E-state index contributed by atoms with van der Waals surface area (Å²) in [5, 5.41) is 11.0. The fourth-order valence-corrected chi connectivity index (χ4v) is 2.76. The van der Waals surface area contributed by atoms with E-state index in [0.717, 1.165) is 23.0 Å². The first kappa shape index (κ1) is 13.6. The Bertz CT molecular complexity index is 542. The molecular weight excluding hydrogens is 316 g/mol. The maximum absolute atomic E-state index is 10.4. The molecule has 0 aliphatic heterocycles. The number of imidazole rings is 1. The zero-order valence-electron chi connectivity index (χ0n) is 9.98. The van der Waals surface area contributed by atoms with Crippen LogP contribution in [0.25, 0.3) is 0 Å². The molecule has 1 atom stereocenters. The van der Waals surface area contributed by atoms with Gasteiger partial charge in [-0.3, -0.25) is 0 Å². The fourth-order valence-electron chi connectivity index (χ4n) is 1.86. The Morgan fingerprint density at radius 1 is 1.50 bits per heavy atom. The molecule has 1 unspecified atom stereocenters. The zero-order chi connectivity index (χ0) is 13.1. The van der Waals surface area contributed by atoms with Gasteiger partial charge in [0, 0.05) is 34.0 Å². The van der Waals surface area contributed by atoms with E-state index in [-0.39, 0.29) is 0 Å². The van der Waals surface area contributed by atoms with Crippen molar-refractivity contribution in [1.82, 2.24) is 9.55 Å². The third-order valence-corrected chi connectivity index (χ3v) is 3.64. The van der Waals surface area contributed by atoms with Gasteiger partial charge in [-0.05, 0) is 18.6 Å². The number of halogens is 2. The Morgan fingerprint density at radius 3 is 2.94 bits per heavy atom. The summed E-state index contributed by atoms with van der Waals surface area (Å²) in [5.41, 5.74) is 0.767. The van der Waals surface area contributed by atoms with Crippen LogP contribution in [0.2, 0.25) is 5.02 Å². The first-order valence-corrected chi connectivity index (χ1v) is 6.94. The Balaban J connectivity index is 2.35. The van der Waals surface area contributed by atoms with Gasteiger partial charge in [-0.2, -0.15) is 0 Å². The van der Waals surface area contributed by atoms with Gasteiger partial charge in [0.25, 0.3) is 0 Å². The summed E-state index contributed by atoms with van der Waals surface area (Å²) in [6.45, 7) is 2.94. The fraction of sp³-hybridized carbons (Fsp3) is 0.308. The maximum Gasteiger partial charge on any atom is 0.142 e. The molecule has 1 N–H and O–H groups in total. The highest BCUT2D eigenvalue weighted by Crippen LogP contribution is 2.30. The lowest BCUT2D eigenvalue weighted by atomic mass is 10.1. The summed E-state index contributed by atoms with van der Waals surface area (Å²) >= 11 is 9.31. The summed E-state index contributed by atoms with van der Waals surface area (Å²) in [7, 11) is 0. The molecule has 2 rings (SSSR count). The number of nitrogens with zero attached hydrogens (tertiary/aromatic N) is 2. The van der Waals surface area contributed by atoms with E-state index in [2.05, 4.69) is 27.8 Å². The van der Waals surface area contributed by atoms with Gasteiger partial charge in [0.2, 0.25) is 0 Å². The number of aryl methyl sites for hydroxylation is 1. The SMILES string of the molecule is CCCn1ccnc1C(O)c1ccc(Cl)cc1Br. The minimum Gasteiger partial charge on any atom is -0.380 e. The molecule has 1 heterocycles. The molecule has 2 aromatic rings. The van der Waals surface area contributed by atoms with Gasteiger partial charge >= 0.3 is 0 Å². The van der Waals surface area contributed by atoms with E-state index in [9.17, 15) is 5.11 Å². The van der Waals surface area contributed by atoms with Gasteiger partial charge in [-0.15, -0.1) is 0 Å². The number of hydrogen-bond acceptors (Lipinski definition) is 2. The molecule has 0 bridgehead atoms. The van der Waals surface area contributed by atoms with Gasteiger partial charge in [-0.25, -0.2) is 4.98 Å². The Kier molecular flexibility index (Phi) is 4.43. The van der Waals surface area contributed by atoms with Crippen molar-refractivity contribution in [2.75, 3.05) is 0 Å². The van der Waals surface area contributed by atoms with Gasteiger partial charge in [0.05, 0.1) is 0 Å². The standard InChI is InChI=1S/C13H14BrClN2O/c1-2-6-17-7-5-16-13(17)12(18)10-4-3-9(15)8-11(10)14/h3-5,7-8,12,18H,2,6H2,1H3. The van der Waals surface area contributed by atoms with E-state index in [1.54, 1.807) is 18.3 Å². The van der Waals surface area contributed by atoms with Gasteiger partial charge < -0.3 is 9.67 Å². The van der Waals surface area contributed by atoms with Crippen LogP contribution >= 0.6 is 27.5 Å². The summed E-state index contributed by atoms with van der Waals surface area (Å²) < 4.78 is 2.75. The highest BCUT2D eigenvalue weighted by molar-refractivity contribution is 9.10. The average molecular weight is 330 g/mol. The third kappa shape index (κ3) is 2.76. The van der Waals surface area contributed by atoms with Crippen LogP contribution in [-0.2, 0) is 6.54 Å². The molecule has 18 heavy (non-hydrogen) atoms. The maximum atomic E-state index is 10.4. The lowest BCUT2D eigenvalue weighted by Crippen LogP contribution is -2.10. The molecular formula is C13H14BrClN2O. The molecule has 3 nitrogen and oxygen atoms in total. The number of rotatable bonds is 4. The molecule has 0 saturated heterocycles. The first-order valence-electron chi connectivity index (χ1n) is 5.77. The Labute approximate surface area is 120 Å². The second-order valence-electron chi connectivity index (χ2n) is 4.05. The molecule has 0 radical (unpaired) electrons. The van der Waals surface area contributed by atoms with Crippen molar-refractivity contribution in [3.8, 4) is 0 Å². The van der Waals surface area contributed by atoms with Crippen molar-refractivity contribution in [1.29, 1.82) is 0 Å². The van der Waals surface area contributed by atoms with E-state index >= 15 is 0 Å². The molecule has 1 aromatic carbocycles. The molecule has 0 amide bonds. The minimum absolute atomic E-state index is 0.634. The monoisotopic (exact) mass is 328 g/mol. The van der Waals surface area contributed by atoms with Crippen LogP contribution in [0.15, 0.2) is 35.1 Å². The highest BCUT2D eigenvalue weighted by atomic mass is 79.9. The van der Waals surface area contributed by atoms with Crippen molar-refractivity contribution in [3.63, 3.8) is 0 Å². The predicted molar refractivity (Wildman–Crippen MR) is 75.7 cm³/mol. The van der Waals surface area contributed by atoms with Gasteiger partial charge in [-0.1, -0.05) is 40.5 Å². The van der Waals surface area contributed by atoms with Crippen LogP contribution in [0.1, 0.15) is 30.8 Å². The van der Waals surface area contributed by atoms with Crippen LogP contribution in [0.5, 0.6) is 0 Å². The number of aromatic nitrogens is 2. The van der Waals surface area contributed by atoms with E-state index in [0.29, 0.717) is 10.8 Å². The molecule has 0 spiro atoms. The normalized spacial score (nSPS) is 12.7. The summed E-state index contributed by atoms with van der Waals surface area (Å²) in [6, 6.07) is 5.34. The van der Waals surface area contributed by atoms with Crippen molar-refractivity contribution >= 4 is 27.5 Å². The lowest BCUT2D eigenvalue weighted by molar-refractivity contribution is 0.203. The van der Waals surface area contributed by atoms with E-state index in [1.807, 2.05) is 16.8 Å². The smallest absolute Gasteiger partial charge is 0.142 e.